The van der Waals surface area contributed by atoms with Gasteiger partial charge in [0.1, 0.15) is 4.88 Å². The number of nitrogens with one attached hydrogen (secondary N) is 1. The molecule has 1 heterocycles. The first-order valence-corrected chi connectivity index (χ1v) is 7.77. The maximum Gasteiger partial charge on any atom is 0.358 e. The molecule has 0 spiro atoms. The van der Waals surface area contributed by atoms with Crippen LogP contribution in [0.4, 0.5) is 5.13 Å². The second-order valence-corrected chi connectivity index (χ2v) is 5.54. The van der Waals surface area contributed by atoms with Crippen LogP contribution in [-0.4, -0.2) is 29.9 Å². The predicted octanol–water partition coefficient (Wildman–Crippen LogP) is 3.37. The number of hydrogen-bond donors (Lipinski definition) is 1. The van der Waals surface area contributed by atoms with Crippen molar-refractivity contribution in [2.24, 2.45) is 5.92 Å². The molecule has 0 aliphatic heterocycles. The number of nitrogens with zero attached hydrogens (tertiary/aromatic N) is 1. The molecule has 0 aliphatic rings. The number of anilines is 1. The summed E-state index contributed by atoms with van der Waals surface area (Å²) in [5.41, 5.74) is 0.122. The number of Topliss-reactive ketones (excluding diaryl/α,β-unsaturated/α-hetero) is 1. The van der Waals surface area contributed by atoms with Gasteiger partial charge in [0.2, 0.25) is 0 Å². The van der Waals surface area contributed by atoms with Crippen LogP contribution in [0.3, 0.4) is 0 Å². The lowest BCUT2D eigenvalue weighted by Crippen LogP contribution is -2.13. The van der Waals surface area contributed by atoms with Gasteiger partial charge >= 0.3 is 5.97 Å². The third-order valence-electron chi connectivity index (χ3n) is 3.11. The summed E-state index contributed by atoms with van der Waals surface area (Å²) in [4.78, 5) is 27.9. The van der Waals surface area contributed by atoms with Gasteiger partial charge in [-0.05, 0) is 12.8 Å². The number of ether oxygens (including phenoxy) is 1. The summed E-state index contributed by atoms with van der Waals surface area (Å²) in [5, 5.41) is 3.81. The zero-order valence-electron chi connectivity index (χ0n) is 12.5. The molecule has 0 bridgehead atoms. The van der Waals surface area contributed by atoms with Crippen LogP contribution in [0.1, 0.15) is 60.7 Å². The largest absolute Gasteiger partial charge is 0.461 e. The first kappa shape index (κ1) is 16.6. The molecule has 0 atom stereocenters. The van der Waals surface area contributed by atoms with Gasteiger partial charge in [-0.25, -0.2) is 9.78 Å². The number of carbonyl (C=O) groups is 2. The molecule has 1 rings (SSSR count). The number of aromatic nitrogens is 1. The highest BCUT2D eigenvalue weighted by atomic mass is 32.1. The van der Waals surface area contributed by atoms with Crippen molar-refractivity contribution >= 4 is 28.2 Å². The number of carbonyl (C=O) groups excluding carboxylic acids is 2. The van der Waals surface area contributed by atoms with Crippen LogP contribution in [0.25, 0.3) is 0 Å². The fourth-order valence-corrected chi connectivity index (χ4v) is 2.64. The lowest BCUT2D eigenvalue weighted by atomic mass is 10.0. The molecule has 0 saturated carbocycles. The maximum absolute atomic E-state index is 11.8. The van der Waals surface area contributed by atoms with Crippen molar-refractivity contribution in [2.45, 2.75) is 40.5 Å². The van der Waals surface area contributed by atoms with E-state index in [1.807, 2.05) is 0 Å². The quantitative estimate of drug-likeness (QED) is 0.588. The van der Waals surface area contributed by atoms with Crippen molar-refractivity contribution in [3.8, 4) is 0 Å². The van der Waals surface area contributed by atoms with Gasteiger partial charge in [0, 0.05) is 13.5 Å². The molecule has 5 nitrogen and oxygen atoms in total. The van der Waals surface area contributed by atoms with Crippen LogP contribution in [0.2, 0.25) is 0 Å². The highest BCUT2D eigenvalue weighted by molar-refractivity contribution is 7.17. The smallest absolute Gasteiger partial charge is 0.358 e. The van der Waals surface area contributed by atoms with E-state index in [9.17, 15) is 9.59 Å². The van der Waals surface area contributed by atoms with Crippen LogP contribution in [0, 0.1) is 5.92 Å². The average molecular weight is 298 g/mol. The van der Waals surface area contributed by atoms with E-state index in [0.29, 0.717) is 15.9 Å². The standard InChI is InChI=1S/C14H22N2O3S/c1-5-10(6-2)8-15-14-16-11(13(18)19-7-3)12(20-14)9(4)17/h10H,5-8H2,1-4H3,(H,15,16). The van der Waals surface area contributed by atoms with Crippen LogP contribution in [-0.2, 0) is 4.74 Å². The SMILES string of the molecule is CCOC(=O)c1nc(NCC(CC)CC)sc1C(C)=O. The zero-order chi connectivity index (χ0) is 15.1. The van der Waals surface area contributed by atoms with Crippen molar-refractivity contribution in [2.75, 3.05) is 18.5 Å². The van der Waals surface area contributed by atoms with Gasteiger partial charge in [0.05, 0.1) is 6.61 Å². The van der Waals surface area contributed by atoms with Crippen LogP contribution >= 0.6 is 11.3 Å². The molecule has 0 amide bonds. The van der Waals surface area contributed by atoms with E-state index in [4.69, 9.17) is 4.74 Å². The van der Waals surface area contributed by atoms with E-state index in [-0.39, 0.29) is 18.1 Å². The Balaban J connectivity index is 2.86. The zero-order valence-corrected chi connectivity index (χ0v) is 13.3. The number of ketones is 1. The third-order valence-corrected chi connectivity index (χ3v) is 4.23. The molecule has 1 N–H and O–H groups in total. The van der Waals surface area contributed by atoms with Crippen LogP contribution in [0.5, 0.6) is 0 Å². The molecule has 1 aromatic rings. The number of thiazole rings is 1. The van der Waals surface area contributed by atoms with E-state index < -0.39 is 5.97 Å². The van der Waals surface area contributed by atoms with E-state index in [0.717, 1.165) is 19.4 Å². The minimum Gasteiger partial charge on any atom is -0.461 e. The van der Waals surface area contributed by atoms with Crippen molar-refractivity contribution in [1.29, 1.82) is 0 Å². The van der Waals surface area contributed by atoms with Crippen molar-refractivity contribution in [3.63, 3.8) is 0 Å². The van der Waals surface area contributed by atoms with Crippen LogP contribution in [0.15, 0.2) is 0 Å². The van der Waals surface area contributed by atoms with E-state index >= 15 is 0 Å². The molecule has 0 saturated heterocycles. The monoisotopic (exact) mass is 298 g/mol. The number of rotatable bonds is 8. The summed E-state index contributed by atoms with van der Waals surface area (Å²) in [5.74, 6) is -0.142. The van der Waals surface area contributed by atoms with Gasteiger partial charge in [0.25, 0.3) is 0 Å². The summed E-state index contributed by atoms with van der Waals surface area (Å²) in [7, 11) is 0. The van der Waals surface area contributed by atoms with Gasteiger partial charge in [-0.3, -0.25) is 4.79 Å². The normalized spacial score (nSPS) is 10.7. The molecule has 20 heavy (non-hydrogen) atoms. The molecule has 0 radical (unpaired) electrons. The second-order valence-electron chi connectivity index (χ2n) is 4.54. The summed E-state index contributed by atoms with van der Waals surface area (Å²) in [6.07, 6.45) is 2.17. The van der Waals surface area contributed by atoms with Crippen LogP contribution < -0.4 is 5.32 Å². The molecule has 6 heteroatoms. The molecule has 1 aromatic heterocycles. The average Bonchev–Trinajstić information content (AvgIpc) is 2.85. The van der Waals surface area contributed by atoms with Gasteiger partial charge in [-0.2, -0.15) is 0 Å². The second kappa shape index (κ2) is 7.99. The molecule has 112 valence electrons. The minimum atomic E-state index is -0.537. The first-order chi connectivity index (χ1) is 9.53. The van der Waals surface area contributed by atoms with Gasteiger partial charge < -0.3 is 10.1 Å². The van der Waals surface area contributed by atoms with Crippen molar-refractivity contribution in [3.05, 3.63) is 10.6 Å². The fraction of sp³-hybridized carbons (Fsp3) is 0.643. The Bertz CT molecular complexity index is 467. The Kier molecular flexibility index (Phi) is 6.64. The van der Waals surface area contributed by atoms with E-state index in [1.165, 1.54) is 18.3 Å². The van der Waals surface area contributed by atoms with Crippen molar-refractivity contribution in [1.82, 2.24) is 4.98 Å². The molecular weight excluding hydrogens is 276 g/mol. The minimum absolute atomic E-state index is 0.122. The number of esters is 1. The summed E-state index contributed by atoms with van der Waals surface area (Å²) >= 11 is 1.21. The van der Waals surface area contributed by atoms with E-state index in [2.05, 4.69) is 24.1 Å². The first-order valence-electron chi connectivity index (χ1n) is 6.96. The lowest BCUT2D eigenvalue weighted by molar-refractivity contribution is 0.0517. The Labute approximate surface area is 123 Å². The molecular formula is C14H22N2O3S. The summed E-state index contributed by atoms with van der Waals surface area (Å²) in [6, 6.07) is 0. The summed E-state index contributed by atoms with van der Waals surface area (Å²) < 4.78 is 4.93. The van der Waals surface area contributed by atoms with Gasteiger partial charge in [-0.15, -0.1) is 0 Å². The topological polar surface area (TPSA) is 68.3 Å². The maximum atomic E-state index is 11.8. The predicted molar refractivity (Wildman–Crippen MR) is 80.6 cm³/mol. The summed E-state index contributed by atoms with van der Waals surface area (Å²) in [6.45, 7) is 8.50. The Morgan fingerprint density at radius 2 is 1.95 bits per heavy atom. The Hall–Kier alpha value is -1.43. The highest BCUT2D eigenvalue weighted by Crippen LogP contribution is 2.25. The van der Waals surface area contributed by atoms with Gasteiger partial charge in [0.15, 0.2) is 16.6 Å². The van der Waals surface area contributed by atoms with Gasteiger partial charge in [-0.1, -0.05) is 38.0 Å². The molecule has 0 unspecified atom stereocenters. The third kappa shape index (κ3) is 4.30. The van der Waals surface area contributed by atoms with Crippen molar-refractivity contribution < 1.29 is 14.3 Å². The molecule has 0 aliphatic carbocycles. The molecule has 0 aromatic carbocycles. The lowest BCUT2D eigenvalue weighted by Gasteiger charge is -2.11. The van der Waals surface area contributed by atoms with E-state index in [1.54, 1.807) is 6.92 Å². The Morgan fingerprint density at radius 1 is 1.30 bits per heavy atom. The fourth-order valence-electron chi connectivity index (χ4n) is 1.78. The Morgan fingerprint density at radius 3 is 2.45 bits per heavy atom. The number of hydrogen-bond acceptors (Lipinski definition) is 6. The highest BCUT2D eigenvalue weighted by Gasteiger charge is 2.22. The molecule has 0 fully saturated rings.